The van der Waals surface area contributed by atoms with Gasteiger partial charge in [-0.2, -0.15) is 0 Å². The molecule has 0 aliphatic heterocycles. The van der Waals surface area contributed by atoms with E-state index in [-0.39, 0.29) is 24.9 Å². The summed E-state index contributed by atoms with van der Waals surface area (Å²) in [5, 5.41) is 23.7. The normalized spacial score (nSPS) is 13.5. The first-order valence-corrected chi connectivity index (χ1v) is 25.2. The van der Waals surface area contributed by atoms with Crippen molar-refractivity contribution in [2.45, 2.75) is 277 Å². The van der Waals surface area contributed by atoms with Gasteiger partial charge in [-0.1, -0.05) is 205 Å². The SMILES string of the molecule is CCCCC/C=C/C=C/CCCCCCCCC(=O)OC(CCCCCCC/C=C\CCCCCC)CC(=O)NC(CO)C(O)CCCCCCCCCCCCC. The maximum atomic E-state index is 13.2. The number of nitrogens with one attached hydrogen (secondary N) is 1. The Morgan fingerprint density at radius 2 is 0.879 bits per heavy atom. The monoisotopic (exact) mass is 816 g/mol. The number of amides is 1. The lowest BCUT2D eigenvalue weighted by molar-refractivity contribution is -0.151. The molecule has 0 aromatic heterocycles. The van der Waals surface area contributed by atoms with E-state index in [2.05, 4.69) is 62.5 Å². The number of hydrogen-bond donors (Lipinski definition) is 3. The molecule has 0 radical (unpaired) electrons. The van der Waals surface area contributed by atoms with Crippen molar-refractivity contribution in [2.75, 3.05) is 6.61 Å². The van der Waals surface area contributed by atoms with E-state index in [9.17, 15) is 19.8 Å². The maximum Gasteiger partial charge on any atom is 0.306 e. The van der Waals surface area contributed by atoms with Gasteiger partial charge in [-0.15, -0.1) is 0 Å². The van der Waals surface area contributed by atoms with Crippen LogP contribution < -0.4 is 5.32 Å². The molecule has 0 heterocycles. The molecule has 58 heavy (non-hydrogen) atoms. The number of allylic oxidation sites excluding steroid dienone is 6. The lowest BCUT2D eigenvalue weighted by Gasteiger charge is -2.24. The van der Waals surface area contributed by atoms with E-state index in [1.165, 1.54) is 141 Å². The smallest absolute Gasteiger partial charge is 0.306 e. The number of carbonyl (C=O) groups excluding carboxylic acids is 2. The summed E-state index contributed by atoms with van der Waals surface area (Å²) in [5.74, 6) is -0.489. The second kappa shape index (κ2) is 46.2. The fourth-order valence-corrected chi connectivity index (χ4v) is 7.59. The van der Waals surface area contributed by atoms with E-state index in [0.717, 1.165) is 70.6 Å². The number of ether oxygens (including phenoxy) is 1. The Labute approximate surface area is 360 Å². The molecule has 3 atom stereocenters. The minimum Gasteiger partial charge on any atom is -0.462 e. The molecule has 340 valence electrons. The van der Waals surface area contributed by atoms with Gasteiger partial charge in [0.05, 0.1) is 25.2 Å². The summed E-state index contributed by atoms with van der Waals surface area (Å²) in [6.07, 6.45) is 53.4. The van der Waals surface area contributed by atoms with Gasteiger partial charge in [-0.05, 0) is 77.0 Å². The fourth-order valence-electron chi connectivity index (χ4n) is 7.59. The first kappa shape index (κ1) is 56.1. The molecule has 0 fully saturated rings. The molecule has 3 unspecified atom stereocenters. The highest BCUT2D eigenvalue weighted by molar-refractivity contribution is 5.77. The zero-order chi connectivity index (χ0) is 42.4. The molecular formula is C52H97NO5. The summed E-state index contributed by atoms with van der Waals surface area (Å²) in [4.78, 5) is 26.1. The Kier molecular flexibility index (Phi) is 44.6. The first-order valence-electron chi connectivity index (χ1n) is 25.2. The predicted molar refractivity (Wildman–Crippen MR) is 250 cm³/mol. The van der Waals surface area contributed by atoms with Crippen molar-refractivity contribution in [3.8, 4) is 0 Å². The van der Waals surface area contributed by atoms with Gasteiger partial charge >= 0.3 is 5.97 Å². The van der Waals surface area contributed by atoms with Crippen molar-refractivity contribution >= 4 is 11.9 Å². The van der Waals surface area contributed by atoms with Crippen LogP contribution in [0, 0.1) is 0 Å². The molecule has 0 spiro atoms. The Balaban J connectivity index is 4.60. The average Bonchev–Trinajstić information content (AvgIpc) is 3.22. The van der Waals surface area contributed by atoms with E-state index >= 15 is 0 Å². The Morgan fingerprint density at radius 1 is 0.500 bits per heavy atom. The van der Waals surface area contributed by atoms with E-state index < -0.39 is 18.2 Å². The highest BCUT2D eigenvalue weighted by Crippen LogP contribution is 2.18. The maximum absolute atomic E-state index is 13.2. The molecule has 0 bridgehead atoms. The lowest BCUT2D eigenvalue weighted by atomic mass is 10.0. The summed E-state index contributed by atoms with van der Waals surface area (Å²) in [6.45, 7) is 6.43. The number of hydrogen-bond acceptors (Lipinski definition) is 5. The molecule has 6 heteroatoms. The van der Waals surface area contributed by atoms with Crippen LogP contribution in [0.15, 0.2) is 36.5 Å². The van der Waals surface area contributed by atoms with Gasteiger partial charge < -0.3 is 20.3 Å². The minimum atomic E-state index is -0.789. The van der Waals surface area contributed by atoms with Gasteiger partial charge in [-0.25, -0.2) is 0 Å². The Hall–Kier alpha value is -1.92. The molecule has 0 saturated carbocycles. The molecule has 0 aromatic carbocycles. The van der Waals surface area contributed by atoms with E-state index in [1.807, 2.05) is 0 Å². The van der Waals surface area contributed by atoms with Crippen LogP contribution in [-0.2, 0) is 14.3 Å². The third-order valence-electron chi connectivity index (χ3n) is 11.5. The molecule has 0 aromatic rings. The largest absolute Gasteiger partial charge is 0.462 e. The lowest BCUT2D eigenvalue weighted by Crippen LogP contribution is -2.46. The number of aliphatic hydroxyl groups is 2. The van der Waals surface area contributed by atoms with Crippen LogP contribution in [0.25, 0.3) is 0 Å². The topological polar surface area (TPSA) is 95.9 Å². The molecule has 3 N–H and O–H groups in total. The third-order valence-corrected chi connectivity index (χ3v) is 11.5. The van der Waals surface area contributed by atoms with Crippen molar-refractivity contribution in [1.29, 1.82) is 0 Å². The van der Waals surface area contributed by atoms with Crippen LogP contribution >= 0.6 is 0 Å². The van der Waals surface area contributed by atoms with Crippen molar-refractivity contribution in [3.05, 3.63) is 36.5 Å². The van der Waals surface area contributed by atoms with Gasteiger partial charge in [-0.3, -0.25) is 9.59 Å². The zero-order valence-electron chi connectivity index (χ0n) is 38.7. The molecule has 1 amide bonds. The van der Waals surface area contributed by atoms with Crippen LogP contribution in [0.3, 0.4) is 0 Å². The average molecular weight is 816 g/mol. The molecule has 6 nitrogen and oxygen atoms in total. The van der Waals surface area contributed by atoms with Crippen molar-refractivity contribution < 1.29 is 24.5 Å². The number of aliphatic hydroxyl groups excluding tert-OH is 2. The quantitative estimate of drug-likeness (QED) is 0.0246. The van der Waals surface area contributed by atoms with Gasteiger partial charge in [0.1, 0.15) is 6.10 Å². The van der Waals surface area contributed by atoms with E-state index in [1.54, 1.807) is 0 Å². The second-order valence-corrected chi connectivity index (χ2v) is 17.2. The van der Waals surface area contributed by atoms with Crippen molar-refractivity contribution in [1.82, 2.24) is 5.32 Å². The number of esters is 1. The molecule has 0 aliphatic carbocycles. The molecule has 0 rings (SSSR count). The molecule has 0 saturated heterocycles. The van der Waals surface area contributed by atoms with Crippen molar-refractivity contribution in [2.24, 2.45) is 0 Å². The summed E-state index contributed by atoms with van der Waals surface area (Å²) in [6, 6.07) is -0.703. The van der Waals surface area contributed by atoms with Crippen LogP contribution in [0.2, 0.25) is 0 Å². The van der Waals surface area contributed by atoms with Crippen LogP contribution in [-0.4, -0.2) is 46.9 Å². The number of rotatable bonds is 45. The van der Waals surface area contributed by atoms with E-state index in [4.69, 9.17) is 4.74 Å². The summed E-state index contributed by atoms with van der Waals surface area (Å²) in [5.41, 5.74) is 0. The Morgan fingerprint density at radius 3 is 1.38 bits per heavy atom. The van der Waals surface area contributed by atoms with Crippen LogP contribution in [0.1, 0.15) is 258 Å². The molecule has 0 aliphatic rings. The zero-order valence-corrected chi connectivity index (χ0v) is 38.7. The van der Waals surface area contributed by atoms with Gasteiger partial charge in [0.25, 0.3) is 0 Å². The van der Waals surface area contributed by atoms with Gasteiger partial charge in [0.15, 0.2) is 0 Å². The van der Waals surface area contributed by atoms with Gasteiger partial charge in [0.2, 0.25) is 5.91 Å². The summed E-state index contributed by atoms with van der Waals surface area (Å²) in [7, 11) is 0. The second-order valence-electron chi connectivity index (χ2n) is 17.2. The third kappa shape index (κ3) is 40.8. The van der Waals surface area contributed by atoms with Crippen LogP contribution in [0.4, 0.5) is 0 Å². The highest BCUT2D eigenvalue weighted by Gasteiger charge is 2.24. The first-order chi connectivity index (χ1) is 28.5. The summed E-state index contributed by atoms with van der Waals surface area (Å²) >= 11 is 0. The predicted octanol–water partition coefficient (Wildman–Crippen LogP) is 14.9. The Bertz CT molecular complexity index is 961. The molecular weight excluding hydrogens is 719 g/mol. The fraction of sp³-hybridized carbons (Fsp3) is 0.846. The minimum absolute atomic E-state index is 0.0690. The summed E-state index contributed by atoms with van der Waals surface area (Å²) < 4.78 is 5.92. The van der Waals surface area contributed by atoms with Crippen molar-refractivity contribution in [3.63, 3.8) is 0 Å². The highest BCUT2D eigenvalue weighted by atomic mass is 16.5. The van der Waals surface area contributed by atoms with Gasteiger partial charge in [0, 0.05) is 6.42 Å². The number of unbranched alkanes of at least 4 members (excludes halogenated alkanes) is 28. The van der Waals surface area contributed by atoms with E-state index in [0.29, 0.717) is 19.3 Å². The number of carbonyl (C=O) groups is 2. The van der Waals surface area contributed by atoms with Crippen LogP contribution in [0.5, 0.6) is 0 Å². The standard InChI is InChI=1S/C52H97NO5/c1-4-7-10-13-16-19-22-24-25-27-30-33-36-39-42-45-52(57)58-48(43-40-37-34-31-29-26-23-20-17-14-11-8-5-2)46-51(56)53-49(47-54)50(55)44-41-38-35-32-28-21-18-15-12-9-6-3/h16,19-20,22-24,48-50,54-55H,4-15,17-18,21,25-47H2,1-3H3,(H,53,56)/b19-16+,23-20-,24-22+.